The molecule has 4 heteroatoms. The van der Waals surface area contributed by atoms with Crippen LogP contribution >= 0.6 is 0 Å². The highest BCUT2D eigenvalue weighted by Crippen LogP contribution is 2.27. The monoisotopic (exact) mass is 240 g/mol. The van der Waals surface area contributed by atoms with Crippen molar-refractivity contribution in [3.8, 4) is 0 Å². The van der Waals surface area contributed by atoms with Crippen molar-refractivity contribution in [3.63, 3.8) is 0 Å². The fourth-order valence-corrected chi connectivity index (χ4v) is 2.48. The third-order valence-electron chi connectivity index (χ3n) is 3.24. The number of nitrogens with two attached hydrogens (primary N) is 1. The summed E-state index contributed by atoms with van der Waals surface area (Å²) in [6.45, 7) is 1.63. The second kappa shape index (κ2) is 4.74. The second-order valence-electron chi connectivity index (χ2n) is 4.67. The van der Waals surface area contributed by atoms with E-state index in [0.29, 0.717) is 0 Å². The van der Waals surface area contributed by atoms with Crippen LogP contribution in [-0.4, -0.2) is 22.6 Å². The highest BCUT2D eigenvalue weighted by molar-refractivity contribution is 5.56. The number of fused-ring (bicyclic) bond motifs is 1. The molecule has 0 fully saturated rings. The van der Waals surface area contributed by atoms with E-state index in [4.69, 9.17) is 5.73 Å². The minimum atomic E-state index is 0.191. The second-order valence-corrected chi connectivity index (χ2v) is 4.67. The Balaban J connectivity index is 1.89. The molecule has 4 nitrogen and oxygen atoms in total. The van der Waals surface area contributed by atoms with Gasteiger partial charge in [0.05, 0.1) is 18.4 Å². The molecule has 0 aliphatic carbocycles. The molecule has 0 bridgehead atoms. The summed E-state index contributed by atoms with van der Waals surface area (Å²) in [5, 5.41) is 0. The summed E-state index contributed by atoms with van der Waals surface area (Å²) >= 11 is 0. The number of nitrogens with zero attached hydrogens (tertiary/aromatic N) is 3. The summed E-state index contributed by atoms with van der Waals surface area (Å²) in [4.78, 5) is 10.7. The maximum Gasteiger partial charge on any atom is 0.0779 e. The molecule has 2 N–H and O–H groups in total. The van der Waals surface area contributed by atoms with Gasteiger partial charge in [-0.15, -0.1) is 0 Å². The number of rotatable bonds is 2. The van der Waals surface area contributed by atoms with Gasteiger partial charge >= 0.3 is 0 Å². The minimum Gasteiger partial charge on any atom is -0.364 e. The fourth-order valence-electron chi connectivity index (χ4n) is 2.48. The predicted octanol–water partition coefficient (Wildman–Crippen LogP) is 1.37. The summed E-state index contributed by atoms with van der Waals surface area (Å²) in [6, 6.07) is 8.63. The number of hydrogen-bond acceptors (Lipinski definition) is 4. The highest BCUT2D eigenvalue weighted by atomic mass is 15.2. The van der Waals surface area contributed by atoms with E-state index in [1.165, 1.54) is 11.3 Å². The van der Waals surface area contributed by atoms with Crippen LogP contribution in [0.1, 0.15) is 11.3 Å². The molecule has 1 aliphatic rings. The first kappa shape index (κ1) is 11.2. The van der Waals surface area contributed by atoms with Crippen molar-refractivity contribution in [2.45, 2.75) is 19.0 Å². The molecule has 0 saturated heterocycles. The first-order valence-corrected chi connectivity index (χ1v) is 6.16. The summed E-state index contributed by atoms with van der Waals surface area (Å²) in [7, 11) is 0. The summed E-state index contributed by atoms with van der Waals surface area (Å²) in [5.74, 6) is 0. The third kappa shape index (κ3) is 2.19. The van der Waals surface area contributed by atoms with E-state index in [-0.39, 0.29) is 6.04 Å². The van der Waals surface area contributed by atoms with Crippen LogP contribution in [0.25, 0.3) is 0 Å². The van der Waals surface area contributed by atoms with Crippen molar-refractivity contribution in [2.24, 2.45) is 5.73 Å². The van der Waals surface area contributed by atoms with E-state index >= 15 is 0 Å². The average molecular weight is 240 g/mol. The van der Waals surface area contributed by atoms with Crippen LogP contribution in [0.4, 0.5) is 5.69 Å². The van der Waals surface area contributed by atoms with Crippen LogP contribution in [0, 0.1) is 0 Å². The summed E-state index contributed by atoms with van der Waals surface area (Å²) in [5.41, 5.74) is 9.68. The molecule has 1 aromatic carbocycles. The van der Waals surface area contributed by atoms with Crippen LogP contribution in [0.2, 0.25) is 0 Å². The lowest BCUT2D eigenvalue weighted by molar-refractivity contribution is 0.595. The molecule has 0 radical (unpaired) electrons. The van der Waals surface area contributed by atoms with Crippen molar-refractivity contribution in [1.82, 2.24) is 9.97 Å². The molecule has 1 aromatic heterocycles. The molecule has 3 rings (SSSR count). The van der Waals surface area contributed by atoms with Crippen molar-refractivity contribution >= 4 is 5.69 Å². The van der Waals surface area contributed by atoms with Gasteiger partial charge in [-0.1, -0.05) is 18.2 Å². The molecule has 2 aromatic rings. The average Bonchev–Trinajstić information content (AvgIpc) is 2.40. The van der Waals surface area contributed by atoms with E-state index in [1.54, 1.807) is 12.4 Å². The zero-order valence-corrected chi connectivity index (χ0v) is 10.2. The molecule has 0 amide bonds. The van der Waals surface area contributed by atoms with E-state index < -0.39 is 0 Å². The lowest BCUT2D eigenvalue weighted by Gasteiger charge is -2.34. The molecule has 2 heterocycles. The molecule has 1 aliphatic heterocycles. The predicted molar refractivity (Wildman–Crippen MR) is 71.2 cm³/mol. The lowest BCUT2D eigenvalue weighted by Crippen LogP contribution is -2.43. The number of benzene rings is 1. The van der Waals surface area contributed by atoms with Crippen LogP contribution in [0.15, 0.2) is 42.9 Å². The molecule has 0 spiro atoms. The van der Waals surface area contributed by atoms with E-state index in [9.17, 15) is 0 Å². The van der Waals surface area contributed by atoms with Crippen LogP contribution in [-0.2, 0) is 13.0 Å². The van der Waals surface area contributed by atoms with Gasteiger partial charge in [0, 0.05) is 30.7 Å². The molecule has 0 saturated carbocycles. The normalized spacial score (nSPS) is 18.5. The molecule has 1 atom stereocenters. The maximum atomic E-state index is 6.12. The van der Waals surface area contributed by atoms with Gasteiger partial charge in [-0.3, -0.25) is 9.97 Å². The Bertz CT molecular complexity index is 526. The van der Waals surface area contributed by atoms with Gasteiger partial charge in [0.15, 0.2) is 0 Å². The topological polar surface area (TPSA) is 55.0 Å². The van der Waals surface area contributed by atoms with E-state index in [2.05, 4.69) is 39.1 Å². The number of hydrogen-bond donors (Lipinski definition) is 1. The Labute approximate surface area is 106 Å². The lowest BCUT2D eigenvalue weighted by atomic mass is 9.98. The van der Waals surface area contributed by atoms with Gasteiger partial charge in [0.1, 0.15) is 0 Å². The Hall–Kier alpha value is -1.94. The fraction of sp³-hybridized carbons (Fsp3) is 0.286. The van der Waals surface area contributed by atoms with Crippen LogP contribution < -0.4 is 10.6 Å². The number of anilines is 1. The largest absolute Gasteiger partial charge is 0.364 e. The molecule has 92 valence electrons. The van der Waals surface area contributed by atoms with Crippen molar-refractivity contribution in [2.75, 3.05) is 11.4 Å². The standard InChI is InChI=1S/C14H16N4/c15-12-7-11-3-1-2-4-14(11)18(9-12)10-13-8-16-5-6-17-13/h1-6,8,12H,7,9-10,15H2. The Morgan fingerprint density at radius 3 is 3.00 bits per heavy atom. The number of para-hydroxylation sites is 1. The Kier molecular flexibility index (Phi) is 2.94. The summed E-state index contributed by atoms with van der Waals surface area (Å²) in [6.07, 6.45) is 6.18. The zero-order valence-electron chi connectivity index (χ0n) is 10.2. The smallest absolute Gasteiger partial charge is 0.0779 e. The van der Waals surface area contributed by atoms with Crippen LogP contribution in [0.5, 0.6) is 0 Å². The van der Waals surface area contributed by atoms with Gasteiger partial charge in [-0.25, -0.2) is 0 Å². The van der Waals surface area contributed by atoms with Gasteiger partial charge < -0.3 is 10.6 Å². The van der Waals surface area contributed by atoms with E-state index in [0.717, 1.165) is 25.2 Å². The molecule has 1 unspecified atom stereocenters. The van der Waals surface area contributed by atoms with Crippen molar-refractivity contribution < 1.29 is 0 Å². The van der Waals surface area contributed by atoms with Gasteiger partial charge in [-0.2, -0.15) is 0 Å². The highest BCUT2D eigenvalue weighted by Gasteiger charge is 2.21. The molecule has 18 heavy (non-hydrogen) atoms. The maximum absolute atomic E-state index is 6.12. The van der Waals surface area contributed by atoms with Crippen molar-refractivity contribution in [1.29, 1.82) is 0 Å². The minimum absolute atomic E-state index is 0.191. The van der Waals surface area contributed by atoms with Gasteiger partial charge in [0.25, 0.3) is 0 Å². The molecular weight excluding hydrogens is 224 g/mol. The van der Waals surface area contributed by atoms with Crippen molar-refractivity contribution in [3.05, 3.63) is 54.1 Å². The Morgan fingerprint density at radius 1 is 1.28 bits per heavy atom. The first-order chi connectivity index (χ1) is 8.83. The van der Waals surface area contributed by atoms with E-state index in [1.807, 2.05) is 6.20 Å². The van der Waals surface area contributed by atoms with Crippen LogP contribution in [0.3, 0.4) is 0 Å². The van der Waals surface area contributed by atoms with Gasteiger partial charge in [-0.05, 0) is 18.1 Å². The Morgan fingerprint density at radius 2 is 2.17 bits per heavy atom. The number of aromatic nitrogens is 2. The quantitative estimate of drug-likeness (QED) is 0.861. The van der Waals surface area contributed by atoms with Gasteiger partial charge in [0.2, 0.25) is 0 Å². The first-order valence-electron chi connectivity index (χ1n) is 6.16. The third-order valence-corrected chi connectivity index (χ3v) is 3.24. The molecular formula is C14H16N4. The zero-order chi connectivity index (χ0) is 12.4. The summed E-state index contributed by atoms with van der Waals surface area (Å²) < 4.78 is 0. The SMILES string of the molecule is NC1Cc2ccccc2N(Cc2cnccn2)C1.